The SMILES string of the molecule is Cl.N[C@@H](c1cc(Cl)cc(Cl)c1O)C1CCNCC1. The summed E-state index contributed by atoms with van der Waals surface area (Å²) < 4.78 is 0. The molecule has 1 heterocycles. The largest absolute Gasteiger partial charge is 0.506 e. The molecule has 6 heteroatoms. The van der Waals surface area contributed by atoms with Crippen molar-refractivity contribution >= 4 is 35.6 Å². The van der Waals surface area contributed by atoms with E-state index in [-0.39, 0.29) is 29.2 Å². The predicted molar refractivity (Wildman–Crippen MR) is 77.9 cm³/mol. The van der Waals surface area contributed by atoms with E-state index in [0.717, 1.165) is 25.9 Å². The minimum absolute atomic E-state index is 0. The first-order valence-corrected chi connectivity index (χ1v) is 6.49. The van der Waals surface area contributed by atoms with E-state index >= 15 is 0 Å². The van der Waals surface area contributed by atoms with Crippen LogP contribution in [-0.4, -0.2) is 18.2 Å². The van der Waals surface area contributed by atoms with Crippen LogP contribution < -0.4 is 11.1 Å². The number of piperidine rings is 1. The first kappa shape index (κ1) is 15.9. The van der Waals surface area contributed by atoms with Crippen LogP contribution >= 0.6 is 35.6 Å². The lowest BCUT2D eigenvalue weighted by molar-refractivity contribution is 0.316. The molecule has 0 amide bonds. The van der Waals surface area contributed by atoms with Crippen molar-refractivity contribution in [1.82, 2.24) is 5.32 Å². The summed E-state index contributed by atoms with van der Waals surface area (Å²) in [5.74, 6) is 0.416. The van der Waals surface area contributed by atoms with E-state index in [2.05, 4.69) is 5.32 Å². The molecule has 18 heavy (non-hydrogen) atoms. The van der Waals surface area contributed by atoms with Gasteiger partial charge in [-0.05, 0) is 44.0 Å². The monoisotopic (exact) mass is 310 g/mol. The fourth-order valence-corrected chi connectivity index (χ4v) is 2.81. The summed E-state index contributed by atoms with van der Waals surface area (Å²) in [5.41, 5.74) is 6.85. The Labute approximate surface area is 123 Å². The Morgan fingerprint density at radius 1 is 1.28 bits per heavy atom. The molecule has 1 aromatic rings. The van der Waals surface area contributed by atoms with Crippen molar-refractivity contribution in [3.05, 3.63) is 27.7 Å². The van der Waals surface area contributed by atoms with Gasteiger partial charge >= 0.3 is 0 Å². The molecule has 1 fully saturated rings. The summed E-state index contributed by atoms with van der Waals surface area (Å²) in [5, 5.41) is 14.0. The van der Waals surface area contributed by atoms with E-state index in [0.29, 0.717) is 16.5 Å². The molecule has 1 saturated heterocycles. The fraction of sp³-hybridized carbons (Fsp3) is 0.500. The molecule has 0 unspecified atom stereocenters. The maximum absolute atomic E-state index is 9.94. The second-order valence-corrected chi connectivity index (χ2v) is 5.28. The number of halogens is 3. The van der Waals surface area contributed by atoms with Gasteiger partial charge in [-0.15, -0.1) is 12.4 Å². The molecule has 102 valence electrons. The molecule has 0 aromatic heterocycles. The number of phenols is 1. The molecule has 1 aromatic carbocycles. The van der Waals surface area contributed by atoms with E-state index in [4.69, 9.17) is 28.9 Å². The van der Waals surface area contributed by atoms with E-state index in [1.807, 2.05) is 0 Å². The average molecular weight is 312 g/mol. The van der Waals surface area contributed by atoms with Gasteiger partial charge in [-0.25, -0.2) is 0 Å². The summed E-state index contributed by atoms with van der Waals surface area (Å²) in [6, 6.07) is 3.01. The molecular weight excluding hydrogens is 295 g/mol. The highest BCUT2D eigenvalue weighted by atomic mass is 35.5. The third-order valence-corrected chi connectivity index (χ3v) is 3.81. The smallest absolute Gasteiger partial charge is 0.139 e. The summed E-state index contributed by atoms with van der Waals surface area (Å²) in [4.78, 5) is 0. The van der Waals surface area contributed by atoms with Gasteiger partial charge in [-0.2, -0.15) is 0 Å². The molecule has 0 spiro atoms. The molecule has 4 N–H and O–H groups in total. The zero-order valence-electron chi connectivity index (χ0n) is 9.83. The van der Waals surface area contributed by atoms with Gasteiger partial charge in [-0.3, -0.25) is 0 Å². The highest BCUT2D eigenvalue weighted by Gasteiger charge is 2.24. The molecule has 3 nitrogen and oxygen atoms in total. The van der Waals surface area contributed by atoms with Gasteiger partial charge in [-0.1, -0.05) is 23.2 Å². The van der Waals surface area contributed by atoms with Crippen molar-refractivity contribution < 1.29 is 5.11 Å². The molecule has 2 rings (SSSR count). The van der Waals surface area contributed by atoms with Crippen molar-refractivity contribution in [3.8, 4) is 5.75 Å². The van der Waals surface area contributed by atoms with Gasteiger partial charge in [0.05, 0.1) is 5.02 Å². The number of nitrogens with two attached hydrogens (primary N) is 1. The van der Waals surface area contributed by atoms with Crippen LogP contribution in [0.25, 0.3) is 0 Å². The lowest BCUT2D eigenvalue weighted by Gasteiger charge is -2.29. The number of hydrogen-bond acceptors (Lipinski definition) is 3. The fourth-order valence-electron chi connectivity index (χ4n) is 2.30. The van der Waals surface area contributed by atoms with Crippen LogP contribution in [0.5, 0.6) is 5.75 Å². The number of aromatic hydroxyl groups is 1. The zero-order valence-corrected chi connectivity index (χ0v) is 12.2. The molecule has 1 aliphatic heterocycles. The third-order valence-electron chi connectivity index (χ3n) is 3.31. The second-order valence-electron chi connectivity index (χ2n) is 4.44. The number of rotatable bonds is 2. The van der Waals surface area contributed by atoms with Gasteiger partial charge in [0, 0.05) is 16.6 Å². The summed E-state index contributed by atoms with van der Waals surface area (Å²) in [6.07, 6.45) is 2.01. The Hall–Kier alpha value is -0.190. The van der Waals surface area contributed by atoms with Crippen molar-refractivity contribution in [2.45, 2.75) is 18.9 Å². The maximum Gasteiger partial charge on any atom is 0.139 e. The molecule has 0 radical (unpaired) electrons. The Morgan fingerprint density at radius 3 is 2.50 bits per heavy atom. The van der Waals surface area contributed by atoms with E-state index in [9.17, 15) is 5.11 Å². The second kappa shape index (κ2) is 6.83. The topological polar surface area (TPSA) is 58.3 Å². The molecule has 0 bridgehead atoms. The maximum atomic E-state index is 9.94. The first-order valence-electron chi connectivity index (χ1n) is 5.74. The summed E-state index contributed by atoms with van der Waals surface area (Å²) >= 11 is 11.8. The Kier molecular flexibility index (Phi) is 6.02. The van der Waals surface area contributed by atoms with Crippen molar-refractivity contribution in [2.75, 3.05) is 13.1 Å². The van der Waals surface area contributed by atoms with Gasteiger partial charge in [0.1, 0.15) is 5.75 Å². The van der Waals surface area contributed by atoms with Crippen LogP contribution in [0.1, 0.15) is 24.4 Å². The molecule has 0 aliphatic carbocycles. The lowest BCUT2D eigenvalue weighted by Crippen LogP contribution is -2.33. The number of benzene rings is 1. The van der Waals surface area contributed by atoms with Crippen molar-refractivity contribution in [1.29, 1.82) is 0 Å². The molecule has 1 aliphatic rings. The average Bonchev–Trinajstić information content (AvgIpc) is 2.34. The van der Waals surface area contributed by atoms with E-state index in [1.165, 1.54) is 6.07 Å². The predicted octanol–water partition coefficient (Wildman–Crippen LogP) is 3.12. The minimum atomic E-state index is -0.215. The lowest BCUT2D eigenvalue weighted by atomic mass is 9.86. The van der Waals surface area contributed by atoms with Crippen LogP contribution in [-0.2, 0) is 0 Å². The van der Waals surface area contributed by atoms with Crippen LogP contribution in [0.4, 0.5) is 0 Å². The van der Waals surface area contributed by atoms with E-state index in [1.54, 1.807) is 6.07 Å². The van der Waals surface area contributed by atoms with Crippen LogP contribution in [0.15, 0.2) is 12.1 Å². The van der Waals surface area contributed by atoms with Gasteiger partial charge in [0.25, 0.3) is 0 Å². The number of hydrogen-bond donors (Lipinski definition) is 3. The third kappa shape index (κ3) is 3.43. The van der Waals surface area contributed by atoms with Crippen LogP contribution in [0.2, 0.25) is 10.0 Å². The molecular formula is C12H17Cl3N2O. The highest BCUT2D eigenvalue weighted by Crippen LogP contribution is 2.38. The van der Waals surface area contributed by atoms with Gasteiger partial charge < -0.3 is 16.2 Å². The minimum Gasteiger partial charge on any atom is -0.506 e. The Balaban J connectivity index is 0.00000162. The zero-order chi connectivity index (χ0) is 12.4. The van der Waals surface area contributed by atoms with E-state index < -0.39 is 0 Å². The van der Waals surface area contributed by atoms with Crippen molar-refractivity contribution in [2.24, 2.45) is 11.7 Å². The normalized spacial score (nSPS) is 18.2. The summed E-state index contributed by atoms with van der Waals surface area (Å²) in [6.45, 7) is 1.93. The Morgan fingerprint density at radius 2 is 1.89 bits per heavy atom. The highest BCUT2D eigenvalue weighted by molar-refractivity contribution is 6.35. The number of phenolic OH excluding ortho intramolecular Hbond substituents is 1. The quantitative estimate of drug-likeness (QED) is 0.786. The molecule has 0 saturated carbocycles. The van der Waals surface area contributed by atoms with Crippen LogP contribution in [0, 0.1) is 5.92 Å². The standard InChI is InChI=1S/C12H16Cl2N2O.ClH/c13-8-5-9(12(17)10(14)6-8)11(15)7-1-3-16-4-2-7;/h5-7,11,16-17H,1-4,15H2;1H/t11-;/m1./s1. The molecule has 1 atom stereocenters. The summed E-state index contributed by atoms with van der Waals surface area (Å²) in [7, 11) is 0. The van der Waals surface area contributed by atoms with Gasteiger partial charge in [0.15, 0.2) is 0 Å². The number of nitrogens with one attached hydrogen (secondary N) is 1. The Bertz CT molecular complexity index is 409. The van der Waals surface area contributed by atoms with Crippen LogP contribution in [0.3, 0.4) is 0 Å². The first-order chi connectivity index (χ1) is 8.09. The van der Waals surface area contributed by atoms with Crippen molar-refractivity contribution in [3.63, 3.8) is 0 Å². The van der Waals surface area contributed by atoms with Gasteiger partial charge in [0.2, 0.25) is 0 Å².